The molecule has 2 aromatic rings. The molecule has 0 bridgehead atoms. The number of benzene rings is 2. The number of carbonyl (C=O) groups is 1. The number of nitrogens with one attached hydrogen (secondary N) is 1. The molecule has 0 radical (unpaired) electrons. The number of halogens is 2. The molecule has 0 unspecified atom stereocenters. The summed E-state index contributed by atoms with van der Waals surface area (Å²) in [6.45, 7) is 2.23. The Kier molecular flexibility index (Phi) is 6.61. The van der Waals surface area contributed by atoms with Gasteiger partial charge in [0.15, 0.2) is 0 Å². The Morgan fingerprint density at radius 1 is 1.20 bits per heavy atom. The number of likely N-dealkylation sites (N-methyl/N-ethyl adjacent to an activating group) is 1. The number of amides is 1. The summed E-state index contributed by atoms with van der Waals surface area (Å²) in [6.07, 6.45) is -0.590. The average Bonchev–Trinajstić information content (AvgIpc) is 2.62. The zero-order valence-electron chi connectivity index (χ0n) is 14.2. The molecule has 0 aliphatic carbocycles. The third-order valence-electron chi connectivity index (χ3n) is 4.19. The highest BCUT2D eigenvalue weighted by Gasteiger charge is 2.21. The third kappa shape index (κ3) is 5.34. The highest BCUT2D eigenvalue weighted by atomic mass is 19.1. The summed E-state index contributed by atoms with van der Waals surface area (Å²) >= 11 is 0. The predicted octanol–water partition coefficient (Wildman–Crippen LogP) is 3.35. The van der Waals surface area contributed by atoms with Crippen molar-refractivity contribution in [1.29, 1.82) is 0 Å². The van der Waals surface area contributed by atoms with Crippen LogP contribution in [0.2, 0.25) is 0 Å². The number of aliphatic hydroxyl groups excluding tert-OH is 1. The van der Waals surface area contributed by atoms with Gasteiger partial charge in [0.05, 0.1) is 11.8 Å². The van der Waals surface area contributed by atoms with Crippen LogP contribution in [0.25, 0.3) is 0 Å². The Morgan fingerprint density at radius 2 is 1.88 bits per heavy atom. The molecule has 4 nitrogen and oxygen atoms in total. The van der Waals surface area contributed by atoms with Crippen molar-refractivity contribution < 1.29 is 18.7 Å². The molecule has 0 aliphatic heterocycles. The first-order valence-corrected chi connectivity index (χ1v) is 8.06. The molecule has 0 heterocycles. The summed E-state index contributed by atoms with van der Waals surface area (Å²) in [7, 11) is 1.80. The minimum absolute atomic E-state index is 0.0955. The summed E-state index contributed by atoms with van der Waals surface area (Å²) in [5, 5.41) is 12.8. The maximum atomic E-state index is 13.5. The SMILES string of the molecule is C[C@@H]([C@@H](O)c1ccccc1)N(C)CCC(=O)Nc1cc(F)ccc1F. The molecule has 0 spiro atoms. The van der Waals surface area contributed by atoms with Crippen LogP contribution < -0.4 is 5.32 Å². The van der Waals surface area contributed by atoms with Crippen LogP contribution in [0.5, 0.6) is 0 Å². The first-order valence-electron chi connectivity index (χ1n) is 8.06. The average molecular weight is 348 g/mol. The number of rotatable bonds is 7. The summed E-state index contributed by atoms with van der Waals surface area (Å²) < 4.78 is 26.6. The predicted molar refractivity (Wildman–Crippen MR) is 93.1 cm³/mol. The second kappa shape index (κ2) is 8.69. The Balaban J connectivity index is 1.87. The second-order valence-corrected chi connectivity index (χ2v) is 6.00. The van der Waals surface area contributed by atoms with Crippen molar-refractivity contribution in [3.63, 3.8) is 0 Å². The van der Waals surface area contributed by atoms with Gasteiger partial charge in [-0.3, -0.25) is 4.79 Å². The van der Waals surface area contributed by atoms with Crippen molar-refractivity contribution in [1.82, 2.24) is 4.90 Å². The highest BCUT2D eigenvalue weighted by molar-refractivity contribution is 5.90. The first kappa shape index (κ1) is 19.0. The zero-order chi connectivity index (χ0) is 18.4. The standard InChI is InChI=1S/C19H22F2N2O2/c1-13(19(25)14-6-4-3-5-7-14)23(2)11-10-18(24)22-17-12-15(20)8-9-16(17)21/h3-9,12-13,19,25H,10-11H2,1-2H3,(H,22,24)/t13-,19+/m0/s1. The lowest BCUT2D eigenvalue weighted by molar-refractivity contribution is -0.116. The minimum atomic E-state index is -0.685. The van der Waals surface area contributed by atoms with Gasteiger partial charge in [-0.05, 0) is 31.7 Å². The van der Waals surface area contributed by atoms with Gasteiger partial charge >= 0.3 is 0 Å². The van der Waals surface area contributed by atoms with Crippen LogP contribution in [-0.2, 0) is 4.79 Å². The van der Waals surface area contributed by atoms with Crippen molar-refractivity contribution in [2.45, 2.75) is 25.5 Å². The monoisotopic (exact) mass is 348 g/mol. The maximum absolute atomic E-state index is 13.5. The van der Waals surface area contributed by atoms with E-state index in [2.05, 4.69) is 5.32 Å². The van der Waals surface area contributed by atoms with E-state index >= 15 is 0 Å². The van der Waals surface area contributed by atoms with E-state index in [4.69, 9.17) is 0 Å². The molecule has 25 heavy (non-hydrogen) atoms. The van der Waals surface area contributed by atoms with E-state index in [1.165, 1.54) is 0 Å². The molecule has 0 saturated heterocycles. The van der Waals surface area contributed by atoms with Crippen LogP contribution in [0.15, 0.2) is 48.5 Å². The molecule has 2 atom stereocenters. The number of hydrogen-bond donors (Lipinski definition) is 2. The number of hydrogen-bond acceptors (Lipinski definition) is 3. The van der Waals surface area contributed by atoms with Gasteiger partial charge in [0.25, 0.3) is 0 Å². The fourth-order valence-corrected chi connectivity index (χ4v) is 2.46. The van der Waals surface area contributed by atoms with Gasteiger partial charge in [0, 0.05) is 25.1 Å². The van der Waals surface area contributed by atoms with Crippen molar-refractivity contribution in [2.24, 2.45) is 0 Å². The molecular weight excluding hydrogens is 326 g/mol. The molecule has 6 heteroatoms. The van der Waals surface area contributed by atoms with E-state index in [1.807, 2.05) is 42.2 Å². The van der Waals surface area contributed by atoms with Crippen molar-refractivity contribution in [3.05, 3.63) is 65.7 Å². The van der Waals surface area contributed by atoms with Gasteiger partial charge in [-0.2, -0.15) is 0 Å². The van der Waals surface area contributed by atoms with Gasteiger partial charge < -0.3 is 15.3 Å². The second-order valence-electron chi connectivity index (χ2n) is 6.00. The van der Waals surface area contributed by atoms with E-state index in [0.29, 0.717) is 6.54 Å². The molecule has 0 fully saturated rings. The van der Waals surface area contributed by atoms with Gasteiger partial charge in [-0.25, -0.2) is 8.78 Å². The lowest BCUT2D eigenvalue weighted by Crippen LogP contribution is -2.36. The van der Waals surface area contributed by atoms with E-state index in [0.717, 1.165) is 23.8 Å². The highest BCUT2D eigenvalue weighted by Crippen LogP contribution is 2.20. The quantitative estimate of drug-likeness (QED) is 0.807. The molecular formula is C19H22F2N2O2. The van der Waals surface area contributed by atoms with Gasteiger partial charge in [-0.1, -0.05) is 30.3 Å². The Labute approximate surface area is 146 Å². The van der Waals surface area contributed by atoms with Gasteiger partial charge in [0.1, 0.15) is 11.6 Å². The number of nitrogens with zero attached hydrogens (tertiary/aromatic N) is 1. The number of carbonyl (C=O) groups excluding carboxylic acids is 1. The van der Waals surface area contributed by atoms with Gasteiger partial charge in [0.2, 0.25) is 5.91 Å². The normalized spacial score (nSPS) is 13.5. The zero-order valence-corrected chi connectivity index (χ0v) is 14.2. The summed E-state index contributed by atoms with van der Waals surface area (Å²) in [5.74, 6) is -1.72. The van der Waals surface area contributed by atoms with E-state index in [-0.39, 0.29) is 18.2 Å². The van der Waals surface area contributed by atoms with Crippen LogP contribution in [0.4, 0.5) is 14.5 Å². The molecule has 0 saturated carbocycles. The molecule has 2 rings (SSSR count). The van der Waals surface area contributed by atoms with E-state index < -0.39 is 23.6 Å². The largest absolute Gasteiger partial charge is 0.387 e. The Hall–Kier alpha value is -2.31. The minimum Gasteiger partial charge on any atom is -0.387 e. The molecule has 0 aromatic heterocycles. The first-order chi connectivity index (χ1) is 11.9. The van der Waals surface area contributed by atoms with E-state index in [1.54, 1.807) is 7.05 Å². The van der Waals surface area contributed by atoms with Crippen LogP contribution in [0.1, 0.15) is 25.0 Å². The van der Waals surface area contributed by atoms with Crippen LogP contribution in [0.3, 0.4) is 0 Å². The fraction of sp³-hybridized carbons (Fsp3) is 0.316. The van der Waals surface area contributed by atoms with Crippen LogP contribution in [-0.4, -0.2) is 35.5 Å². The van der Waals surface area contributed by atoms with Crippen molar-refractivity contribution >= 4 is 11.6 Å². The smallest absolute Gasteiger partial charge is 0.225 e. The third-order valence-corrected chi connectivity index (χ3v) is 4.19. The van der Waals surface area contributed by atoms with Crippen LogP contribution >= 0.6 is 0 Å². The molecule has 134 valence electrons. The molecule has 1 amide bonds. The summed E-state index contributed by atoms with van der Waals surface area (Å²) in [4.78, 5) is 13.8. The van der Waals surface area contributed by atoms with E-state index in [9.17, 15) is 18.7 Å². The molecule has 2 N–H and O–H groups in total. The Bertz CT molecular complexity index is 710. The maximum Gasteiger partial charge on any atom is 0.225 e. The fourth-order valence-electron chi connectivity index (χ4n) is 2.46. The summed E-state index contributed by atoms with van der Waals surface area (Å²) in [5.41, 5.74) is 0.623. The van der Waals surface area contributed by atoms with Crippen molar-refractivity contribution in [3.8, 4) is 0 Å². The van der Waals surface area contributed by atoms with Crippen molar-refractivity contribution in [2.75, 3.05) is 18.9 Å². The molecule has 0 aliphatic rings. The number of aliphatic hydroxyl groups is 1. The Morgan fingerprint density at radius 3 is 2.56 bits per heavy atom. The van der Waals surface area contributed by atoms with Crippen LogP contribution in [0, 0.1) is 11.6 Å². The van der Waals surface area contributed by atoms with Gasteiger partial charge in [-0.15, -0.1) is 0 Å². The lowest BCUT2D eigenvalue weighted by atomic mass is 10.0. The lowest BCUT2D eigenvalue weighted by Gasteiger charge is -2.29. The topological polar surface area (TPSA) is 52.6 Å². The molecule has 2 aromatic carbocycles. The summed E-state index contributed by atoms with van der Waals surface area (Å²) in [6, 6.07) is 12.0. The number of anilines is 1.